The third-order valence-corrected chi connectivity index (χ3v) is 5.61. The van der Waals surface area contributed by atoms with Gasteiger partial charge < -0.3 is 9.88 Å². The number of hydrogen-bond donors (Lipinski definition) is 1. The van der Waals surface area contributed by atoms with Crippen molar-refractivity contribution in [1.82, 2.24) is 9.88 Å². The van der Waals surface area contributed by atoms with E-state index in [-0.39, 0.29) is 0 Å². The Balaban J connectivity index is 1.66. The number of aromatic nitrogens is 1. The minimum Gasteiger partial charge on any atom is -0.354 e. The molecule has 16 heavy (non-hydrogen) atoms. The van der Waals surface area contributed by atoms with Crippen LogP contribution >= 0.6 is 23.5 Å². The molecule has 0 amide bonds. The molecule has 0 aliphatic carbocycles. The quantitative estimate of drug-likeness (QED) is 0.872. The second-order valence-electron chi connectivity index (χ2n) is 4.05. The molecule has 0 aromatic carbocycles. The van der Waals surface area contributed by atoms with Gasteiger partial charge in [0.25, 0.3) is 0 Å². The third-order valence-electron chi connectivity index (χ3n) is 2.76. The lowest BCUT2D eigenvalue weighted by atomic mass is 10.3. The lowest BCUT2D eigenvalue weighted by molar-refractivity contribution is 0.682. The average molecular weight is 256 g/mol. The fraction of sp³-hybridized carbons (Fsp3) is 0.667. The highest BCUT2D eigenvalue weighted by Crippen LogP contribution is 2.23. The Kier molecular flexibility index (Phi) is 5.13. The van der Waals surface area contributed by atoms with Gasteiger partial charge in [0.2, 0.25) is 0 Å². The van der Waals surface area contributed by atoms with Crippen molar-refractivity contribution in [2.24, 2.45) is 0 Å². The summed E-state index contributed by atoms with van der Waals surface area (Å²) in [6.07, 6.45) is 4.39. The molecule has 4 heteroatoms. The molecule has 0 bridgehead atoms. The van der Waals surface area contributed by atoms with Gasteiger partial charge in [0.15, 0.2) is 0 Å². The van der Waals surface area contributed by atoms with E-state index in [0.717, 1.165) is 24.9 Å². The number of thioether (sulfide) groups is 2. The first-order chi connectivity index (χ1) is 7.88. The summed E-state index contributed by atoms with van der Waals surface area (Å²) in [5, 5.41) is 4.37. The van der Waals surface area contributed by atoms with Crippen molar-refractivity contribution in [2.45, 2.75) is 25.3 Å². The van der Waals surface area contributed by atoms with Crippen molar-refractivity contribution < 1.29 is 0 Å². The van der Waals surface area contributed by atoms with E-state index in [4.69, 9.17) is 0 Å². The zero-order chi connectivity index (χ0) is 11.2. The van der Waals surface area contributed by atoms with Crippen LogP contribution in [-0.2, 0) is 13.1 Å². The highest BCUT2D eigenvalue weighted by Gasteiger charge is 2.13. The zero-order valence-corrected chi connectivity index (χ0v) is 11.4. The molecule has 1 aromatic rings. The molecule has 0 spiro atoms. The first kappa shape index (κ1) is 12.4. The van der Waals surface area contributed by atoms with Crippen LogP contribution in [0.2, 0.25) is 0 Å². The summed E-state index contributed by atoms with van der Waals surface area (Å²) in [6.45, 7) is 5.39. The van der Waals surface area contributed by atoms with Gasteiger partial charge in [-0.15, -0.1) is 0 Å². The Morgan fingerprint density at radius 1 is 1.50 bits per heavy atom. The highest BCUT2D eigenvalue weighted by atomic mass is 32.2. The predicted octanol–water partition coefficient (Wildman–Crippen LogP) is 2.45. The van der Waals surface area contributed by atoms with Crippen LogP contribution in [0.4, 0.5) is 0 Å². The second-order valence-corrected chi connectivity index (χ2v) is 6.61. The summed E-state index contributed by atoms with van der Waals surface area (Å²) >= 11 is 4.21. The molecule has 1 N–H and O–H groups in total. The van der Waals surface area contributed by atoms with Gasteiger partial charge in [-0.3, -0.25) is 0 Å². The summed E-state index contributed by atoms with van der Waals surface area (Å²) in [6, 6.07) is 2.21. The Labute approximate surface area is 107 Å². The van der Waals surface area contributed by atoms with Gasteiger partial charge in [0, 0.05) is 54.5 Å². The minimum absolute atomic E-state index is 0.812. The maximum absolute atomic E-state index is 3.56. The van der Waals surface area contributed by atoms with Crippen LogP contribution in [0.5, 0.6) is 0 Å². The molecule has 1 aliphatic heterocycles. The molecular weight excluding hydrogens is 236 g/mol. The average Bonchev–Trinajstić information content (AvgIpc) is 2.78. The molecule has 2 nitrogen and oxygen atoms in total. The summed E-state index contributed by atoms with van der Waals surface area (Å²) in [5.41, 5.74) is 1.40. The molecule has 1 unspecified atom stereocenters. The molecule has 1 aromatic heterocycles. The van der Waals surface area contributed by atoms with Crippen LogP contribution in [0.1, 0.15) is 12.5 Å². The molecular formula is C12H20N2S2. The first-order valence-corrected chi connectivity index (χ1v) is 8.13. The third kappa shape index (κ3) is 3.75. The molecule has 0 radical (unpaired) electrons. The minimum atomic E-state index is 0.812. The van der Waals surface area contributed by atoms with E-state index in [1.54, 1.807) is 0 Å². The van der Waals surface area contributed by atoms with Crippen LogP contribution in [-0.4, -0.2) is 33.6 Å². The van der Waals surface area contributed by atoms with Crippen LogP contribution in [0.3, 0.4) is 0 Å². The Hall–Kier alpha value is -0.0600. The molecule has 90 valence electrons. The maximum Gasteiger partial charge on any atom is 0.0263 e. The first-order valence-electron chi connectivity index (χ1n) is 5.93. The number of aryl methyl sites for hydroxylation is 1. The van der Waals surface area contributed by atoms with E-state index in [0.29, 0.717) is 0 Å². The summed E-state index contributed by atoms with van der Waals surface area (Å²) in [7, 11) is 0. The van der Waals surface area contributed by atoms with Crippen molar-refractivity contribution in [2.75, 3.05) is 23.8 Å². The molecule has 0 saturated carbocycles. The van der Waals surface area contributed by atoms with E-state index < -0.39 is 0 Å². The molecule has 1 saturated heterocycles. The largest absolute Gasteiger partial charge is 0.354 e. The van der Waals surface area contributed by atoms with Gasteiger partial charge in [-0.2, -0.15) is 23.5 Å². The number of nitrogens with zero attached hydrogens (tertiary/aromatic N) is 1. The van der Waals surface area contributed by atoms with Crippen molar-refractivity contribution in [1.29, 1.82) is 0 Å². The van der Waals surface area contributed by atoms with Gasteiger partial charge in [0.05, 0.1) is 0 Å². The normalized spacial score (nSPS) is 21.2. The monoisotopic (exact) mass is 256 g/mol. The predicted molar refractivity (Wildman–Crippen MR) is 75.4 cm³/mol. The van der Waals surface area contributed by atoms with Crippen LogP contribution in [0.25, 0.3) is 0 Å². The smallest absolute Gasteiger partial charge is 0.0263 e. The van der Waals surface area contributed by atoms with Gasteiger partial charge in [-0.05, 0) is 18.6 Å². The fourth-order valence-corrected chi connectivity index (χ4v) is 4.47. The van der Waals surface area contributed by atoms with E-state index in [9.17, 15) is 0 Å². The number of rotatable bonds is 5. The topological polar surface area (TPSA) is 17.0 Å². The molecule has 2 rings (SSSR count). The summed E-state index contributed by atoms with van der Waals surface area (Å²) in [4.78, 5) is 0. The van der Waals surface area contributed by atoms with Gasteiger partial charge in [-0.25, -0.2) is 0 Å². The van der Waals surface area contributed by atoms with E-state index in [1.165, 1.54) is 22.8 Å². The Morgan fingerprint density at radius 2 is 2.44 bits per heavy atom. The van der Waals surface area contributed by atoms with Crippen molar-refractivity contribution in [3.05, 3.63) is 24.0 Å². The number of hydrogen-bond acceptors (Lipinski definition) is 3. The van der Waals surface area contributed by atoms with Crippen LogP contribution < -0.4 is 5.32 Å². The molecule has 1 atom stereocenters. The van der Waals surface area contributed by atoms with E-state index >= 15 is 0 Å². The van der Waals surface area contributed by atoms with Gasteiger partial charge in [-0.1, -0.05) is 0 Å². The Bertz CT molecular complexity index is 306. The van der Waals surface area contributed by atoms with E-state index in [2.05, 4.69) is 58.8 Å². The van der Waals surface area contributed by atoms with Crippen molar-refractivity contribution >= 4 is 23.5 Å². The van der Waals surface area contributed by atoms with Gasteiger partial charge >= 0.3 is 0 Å². The molecule has 1 aliphatic rings. The van der Waals surface area contributed by atoms with Crippen molar-refractivity contribution in [3.63, 3.8) is 0 Å². The lowest BCUT2D eigenvalue weighted by Gasteiger charge is -2.21. The highest BCUT2D eigenvalue weighted by molar-refractivity contribution is 8.06. The Morgan fingerprint density at radius 3 is 3.12 bits per heavy atom. The standard InChI is InChI=1S/C12H20N2S2/c1-2-14-4-3-11(9-14)7-13-8-12-10-15-5-6-16-12/h3-4,9,12-13H,2,5-8,10H2,1H3. The lowest BCUT2D eigenvalue weighted by Crippen LogP contribution is -2.28. The van der Waals surface area contributed by atoms with Crippen LogP contribution in [0.15, 0.2) is 18.5 Å². The van der Waals surface area contributed by atoms with E-state index in [1.807, 2.05) is 0 Å². The SMILES string of the molecule is CCn1ccc(CNCC2CSCCS2)c1. The second kappa shape index (κ2) is 6.62. The fourth-order valence-electron chi connectivity index (χ4n) is 1.82. The molecule has 1 fully saturated rings. The number of nitrogens with one attached hydrogen (secondary N) is 1. The summed E-state index contributed by atoms with van der Waals surface area (Å²) < 4.78 is 2.22. The summed E-state index contributed by atoms with van der Waals surface area (Å²) in [5.74, 6) is 3.97. The van der Waals surface area contributed by atoms with Crippen molar-refractivity contribution in [3.8, 4) is 0 Å². The van der Waals surface area contributed by atoms with Gasteiger partial charge in [0.1, 0.15) is 0 Å². The zero-order valence-electron chi connectivity index (χ0n) is 9.82. The molecule has 2 heterocycles. The van der Waals surface area contributed by atoms with Crippen LogP contribution in [0, 0.1) is 0 Å². The maximum atomic E-state index is 3.56.